The largest absolute Gasteiger partial charge is 0.381 e. The fourth-order valence-electron chi connectivity index (χ4n) is 1.62. The van der Waals surface area contributed by atoms with E-state index in [0.29, 0.717) is 0 Å². The van der Waals surface area contributed by atoms with Crippen LogP contribution in [-0.4, -0.2) is 64.6 Å². The quantitative estimate of drug-likeness (QED) is 0.575. The molecule has 0 aliphatic carbocycles. The van der Waals surface area contributed by atoms with Crippen LogP contribution in [0.15, 0.2) is 0 Å². The van der Waals surface area contributed by atoms with Gasteiger partial charge >= 0.3 is 0 Å². The van der Waals surface area contributed by atoms with Crippen LogP contribution in [0.3, 0.4) is 0 Å². The second-order valence-corrected chi connectivity index (χ2v) is 4.33. The Morgan fingerprint density at radius 2 is 1.21 bits per heavy atom. The summed E-state index contributed by atoms with van der Waals surface area (Å²) in [4.78, 5) is 0. The van der Waals surface area contributed by atoms with Crippen LogP contribution in [0.1, 0.15) is 53.4 Å². The van der Waals surface area contributed by atoms with Gasteiger partial charge < -0.3 is 4.74 Å². The van der Waals surface area contributed by atoms with Crippen molar-refractivity contribution in [2.75, 3.05) is 13.2 Å². The molecule has 2 unspecified atom stereocenters. The van der Waals surface area contributed by atoms with E-state index in [1.807, 2.05) is 0 Å². The molecule has 0 saturated heterocycles. The van der Waals surface area contributed by atoms with Crippen molar-refractivity contribution in [1.82, 2.24) is 0 Å². The van der Waals surface area contributed by atoms with Gasteiger partial charge in [0.2, 0.25) is 0 Å². The summed E-state index contributed by atoms with van der Waals surface area (Å²) in [5, 5.41) is 0. The molecule has 14 heavy (non-hydrogen) atoms. The molecule has 0 fully saturated rings. The second-order valence-electron chi connectivity index (χ2n) is 4.33. The van der Waals surface area contributed by atoms with Gasteiger partial charge in [-0.05, 0) is 24.7 Å². The van der Waals surface area contributed by atoms with Crippen molar-refractivity contribution in [3.05, 3.63) is 0 Å². The third-order valence-electron chi connectivity index (χ3n) is 2.37. The monoisotopic (exact) mass is 225 g/mol. The van der Waals surface area contributed by atoms with Gasteiger partial charge in [0.15, 0.2) is 0 Å². The molecule has 2 atom stereocenters. The fraction of sp³-hybridized carbons (Fsp3) is 1.00. The zero-order valence-electron chi connectivity index (χ0n) is 10.8. The summed E-state index contributed by atoms with van der Waals surface area (Å²) in [5.74, 6) is 1.47. The number of rotatable bonds is 8. The summed E-state index contributed by atoms with van der Waals surface area (Å²) in [6.45, 7) is 10.9. The molecular weight excluding hydrogens is 199 g/mol. The topological polar surface area (TPSA) is 9.23 Å². The maximum Gasteiger partial charge on any atom is 0.0491 e. The van der Waals surface area contributed by atoms with E-state index in [1.54, 1.807) is 0 Å². The molecule has 0 bridgehead atoms. The van der Waals surface area contributed by atoms with E-state index in [4.69, 9.17) is 4.74 Å². The Kier molecular flexibility index (Phi) is 16.3. The molecule has 0 amide bonds. The van der Waals surface area contributed by atoms with Crippen molar-refractivity contribution in [1.29, 1.82) is 0 Å². The van der Waals surface area contributed by atoms with Gasteiger partial charge in [0, 0.05) is 64.6 Å². The molecular formula is C12H26KO. The van der Waals surface area contributed by atoms with Crippen LogP contribution in [0.25, 0.3) is 0 Å². The minimum Gasteiger partial charge on any atom is -0.381 e. The summed E-state index contributed by atoms with van der Waals surface area (Å²) < 4.78 is 5.66. The van der Waals surface area contributed by atoms with E-state index >= 15 is 0 Å². The summed E-state index contributed by atoms with van der Waals surface area (Å²) >= 11 is 0. The van der Waals surface area contributed by atoms with Gasteiger partial charge in [-0.1, -0.05) is 40.5 Å². The molecule has 1 nitrogen and oxygen atoms in total. The standard InChI is InChI=1S/C12H26O.K/c1-5-7-11(3)9-13-10-12(4)8-6-2;/h11-12H,5-10H2,1-4H3;. The first-order valence-corrected chi connectivity index (χ1v) is 5.78. The van der Waals surface area contributed by atoms with Gasteiger partial charge in [-0.2, -0.15) is 0 Å². The van der Waals surface area contributed by atoms with Crippen molar-refractivity contribution >= 4 is 51.4 Å². The van der Waals surface area contributed by atoms with Gasteiger partial charge in [-0.15, -0.1) is 0 Å². The fourth-order valence-corrected chi connectivity index (χ4v) is 1.62. The normalized spacial score (nSPS) is 14.6. The minimum atomic E-state index is 0. The Bertz CT molecular complexity index is 94.5. The second kappa shape index (κ2) is 12.7. The Hall–Kier alpha value is 1.60. The first-order valence-electron chi connectivity index (χ1n) is 5.78. The predicted molar refractivity (Wildman–Crippen MR) is 64.7 cm³/mol. The van der Waals surface area contributed by atoms with Crippen molar-refractivity contribution in [3.63, 3.8) is 0 Å². The van der Waals surface area contributed by atoms with Gasteiger partial charge in [0.05, 0.1) is 0 Å². The SMILES string of the molecule is CCCC(C)COCC(C)CCC.[K]. The summed E-state index contributed by atoms with van der Waals surface area (Å²) in [7, 11) is 0. The maximum atomic E-state index is 5.66. The van der Waals surface area contributed by atoms with Gasteiger partial charge in [0.1, 0.15) is 0 Å². The minimum absolute atomic E-state index is 0. The molecule has 0 N–H and O–H groups in total. The van der Waals surface area contributed by atoms with Crippen LogP contribution in [-0.2, 0) is 4.74 Å². The molecule has 0 aromatic rings. The van der Waals surface area contributed by atoms with E-state index in [1.165, 1.54) is 25.7 Å². The van der Waals surface area contributed by atoms with E-state index in [9.17, 15) is 0 Å². The number of ether oxygens (including phenoxy) is 1. The molecule has 0 aliphatic rings. The zero-order chi connectivity index (χ0) is 10.1. The number of hydrogen-bond donors (Lipinski definition) is 0. The molecule has 0 rings (SSSR count). The molecule has 2 heteroatoms. The zero-order valence-corrected chi connectivity index (χ0v) is 13.9. The molecule has 0 spiro atoms. The first kappa shape index (κ1) is 18.0. The average Bonchev–Trinajstić information content (AvgIpc) is 2.05. The Morgan fingerprint density at radius 3 is 1.50 bits per heavy atom. The van der Waals surface area contributed by atoms with Crippen LogP contribution in [0.5, 0.6) is 0 Å². The van der Waals surface area contributed by atoms with Crippen molar-refractivity contribution < 1.29 is 4.74 Å². The van der Waals surface area contributed by atoms with Gasteiger partial charge in [0.25, 0.3) is 0 Å². The number of hydrogen-bond acceptors (Lipinski definition) is 1. The average molecular weight is 225 g/mol. The Morgan fingerprint density at radius 1 is 0.857 bits per heavy atom. The van der Waals surface area contributed by atoms with Crippen molar-refractivity contribution in [3.8, 4) is 0 Å². The van der Waals surface area contributed by atoms with Crippen LogP contribution >= 0.6 is 0 Å². The molecule has 0 heterocycles. The molecule has 81 valence electrons. The predicted octanol–water partition coefficient (Wildman–Crippen LogP) is 3.49. The summed E-state index contributed by atoms with van der Waals surface area (Å²) in [6, 6.07) is 0. The van der Waals surface area contributed by atoms with Crippen molar-refractivity contribution in [2.24, 2.45) is 11.8 Å². The van der Waals surface area contributed by atoms with E-state index in [2.05, 4.69) is 27.7 Å². The smallest absolute Gasteiger partial charge is 0.0491 e. The van der Waals surface area contributed by atoms with Crippen LogP contribution < -0.4 is 0 Å². The first-order chi connectivity index (χ1) is 6.20. The summed E-state index contributed by atoms with van der Waals surface area (Å²) in [6.07, 6.45) is 5.13. The Balaban J connectivity index is 0. The molecule has 0 aromatic heterocycles. The van der Waals surface area contributed by atoms with Gasteiger partial charge in [-0.3, -0.25) is 0 Å². The van der Waals surface area contributed by atoms with E-state index in [-0.39, 0.29) is 51.4 Å². The summed E-state index contributed by atoms with van der Waals surface area (Å²) in [5.41, 5.74) is 0. The van der Waals surface area contributed by atoms with E-state index < -0.39 is 0 Å². The molecule has 1 radical (unpaired) electrons. The van der Waals surface area contributed by atoms with Crippen molar-refractivity contribution in [2.45, 2.75) is 53.4 Å². The van der Waals surface area contributed by atoms with Crippen LogP contribution in [0.4, 0.5) is 0 Å². The third-order valence-corrected chi connectivity index (χ3v) is 2.37. The van der Waals surface area contributed by atoms with Crippen LogP contribution in [0.2, 0.25) is 0 Å². The molecule has 0 aliphatic heterocycles. The molecule has 0 aromatic carbocycles. The maximum absolute atomic E-state index is 5.66. The van der Waals surface area contributed by atoms with E-state index in [0.717, 1.165) is 25.0 Å². The van der Waals surface area contributed by atoms with Crippen LogP contribution in [0, 0.1) is 11.8 Å². The Labute approximate surface area is 133 Å². The third kappa shape index (κ3) is 11.7. The van der Waals surface area contributed by atoms with Gasteiger partial charge in [-0.25, -0.2) is 0 Å². The molecule has 0 saturated carbocycles.